The lowest BCUT2D eigenvalue weighted by atomic mass is 10.1. The van der Waals surface area contributed by atoms with Crippen molar-refractivity contribution in [3.63, 3.8) is 0 Å². The highest BCUT2D eigenvalue weighted by molar-refractivity contribution is 7.15. The average molecular weight is 346 g/mol. The van der Waals surface area contributed by atoms with Gasteiger partial charge in [-0.2, -0.15) is 9.38 Å². The highest BCUT2D eigenvalue weighted by Crippen LogP contribution is 2.32. The zero-order valence-corrected chi connectivity index (χ0v) is 14.2. The highest BCUT2D eigenvalue weighted by Gasteiger charge is 2.28. The minimum atomic E-state index is -0.745. The highest BCUT2D eigenvalue weighted by atomic mass is 32.1. The number of thiazole rings is 1. The normalized spacial score (nSPS) is 12.5. The molecule has 0 fully saturated rings. The molecule has 0 aliphatic heterocycles. The van der Waals surface area contributed by atoms with Gasteiger partial charge in [0.2, 0.25) is 5.82 Å². The van der Waals surface area contributed by atoms with Crippen molar-refractivity contribution in [1.82, 2.24) is 9.38 Å². The maximum Gasteiger partial charge on any atom is 0.373 e. The van der Waals surface area contributed by atoms with E-state index in [1.54, 1.807) is 16.5 Å². The summed E-state index contributed by atoms with van der Waals surface area (Å²) in [6.45, 7) is 4.62. The first-order valence-electron chi connectivity index (χ1n) is 7.60. The van der Waals surface area contributed by atoms with Gasteiger partial charge in [0.15, 0.2) is 0 Å². The number of aliphatic hydroxyl groups is 1. The molecule has 1 aromatic carbocycles. The molecular weight excluding hydrogens is 328 g/mol. The van der Waals surface area contributed by atoms with E-state index in [1.807, 2.05) is 38.1 Å². The van der Waals surface area contributed by atoms with Crippen molar-refractivity contribution >= 4 is 27.9 Å². The van der Waals surface area contributed by atoms with Crippen molar-refractivity contribution in [1.29, 1.82) is 0 Å². The molecule has 0 saturated carbocycles. The zero-order chi connectivity index (χ0) is 17.3. The minimum absolute atomic E-state index is 0.0655. The largest absolute Gasteiger partial charge is 0.387 e. The molecule has 0 bridgehead atoms. The van der Waals surface area contributed by atoms with Crippen molar-refractivity contribution in [3.8, 4) is 0 Å². The summed E-state index contributed by atoms with van der Waals surface area (Å²) >= 11 is 1.34. The third-order valence-corrected chi connectivity index (χ3v) is 4.69. The molecule has 2 heterocycles. The fourth-order valence-corrected chi connectivity index (χ4v) is 3.32. The van der Waals surface area contributed by atoms with E-state index in [0.29, 0.717) is 17.3 Å². The number of aliphatic hydroxyl groups excluding tert-OH is 1. The van der Waals surface area contributed by atoms with Crippen LogP contribution in [0, 0.1) is 17.0 Å². The van der Waals surface area contributed by atoms with E-state index >= 15 is 0 Å². The SMILES string of the molecule is CCN(CC(O)c1ccc(C)cc1)c1nc2sccn2c1[N+](=O)[O-]. The molecule has 3 rings (SSSR count). The van der Waals surface area contributed by atoms with Gasteiger partial charge in [-0.25, -0.2) is 0 Å². The lowest BCUT2D eigenvalue weighted by Crippen LogP contribution is -2.29. The molecule has 0 saturated heterocycles. The van der Waals surface area contributed by atoms with Gasteiger partial charge in [-0.1, -0.05) is 41.2 Å². The van der Waals surface area contributed by atoms with Crippen molar-refractivity contribution in [3.05, 3.63) is 57.1 Å². The zero-order valence-electron chi connectivity index (χ0n) is 13.4. The summed E-state index contributed by atoms with van der Waals surface area (Å²) in [5.74, 6) is 0.227. The number of likely N-dealkylation sites (N-methyl/N-ethyl adjacent to an activating group) is 1. The summed E-state index contributed by atoms with van der Waals surface area (Å²) in [4.78, 5) is 17.7. The standard InChI is InChI=1S/C16H18N4O3S/c1-3-18(10-13(21)12-6-4-11(2)5-7-12)14-15(20(22)23)19-8-9-24-16(19)17-14/h4-9,13,21H,3,10H2,1-2H3. The van der Waals surface area contributed by atoms with E-state index in [9.17, 15) is 15.2 Å². The molecule has 3 aromatic rings. The van der Waals surface area contributed by atoms with E-state index in [4.69, 9.17) is 0 Å². The monoisotopic (exact) mass is 346 g/mol. The van der Waals surface area contributed by atoms with Crippen molar-refractivity contribution in [2.24, 2.45) is 0 Å². The van der Waals surface area contributed by atoms with E-state index in [0.717, 1.165) is 11.1 Å². The number of benzene rings is 1. The Labute approximate surface area is 142 Å². The van der Waals surface area contributed by atoms with Crippen LogP contribution in [0.2, 0.25) is 0 Å². The van der Waals surface area contributed by atoms with Crippen LogP contribution in [0.3, 0.4) is 0 Å². The lowest BCUT2D eigenvalue weighted by molar-refractivity contribution is -0.389. The van der Waals surface area contributed by atoms with Crippen LogP contribution in [0.25, 0.3) is 4.96 Å². The summed E-state index contributed by atoms with van der Waals surface area (Å²) in [5, 5.41) is 23.7. The van der Waals surface area contributed by atoms with Gasteiger partial charge in [-0.15, -0.1) is 0 Å². The molecule has 1 unspecified atom stereocenters. The Morgan fingerprint density at radius 2 is 2.12 bits per heavy atom. The number of hydrogen-bond donors (Lipinski definition) is 1. The Bertz CT molecular complexity index is 856. The fraction of sp³-hybridized carbons (Fsp3) is 0.312. The number of nitrogens with zero attached hydrogens (tertiary/aromatic N) is 4. The number of rotatable bonds is 6. The third-order valence-electron chi connectivity index (χ3n) is 3.93. The lowest BCUT2D eigenvalue weighted by Gasteiger charge is -2.23. The van der Waals surface area contributed by atoms with Gasteiger partial charge < -0.3 is 20.1 Å². The molecule has 126 valence electrons. The summed E-state index contributed by atoms with van der Waals surface area (Å²) < 4.78 is 1.47. The summed E-state index contributed by atoms with van der Waals surface area (Å²) in [7, 11) is 0. The Kier molecular flexibility index (Phi) is 4.50. The Balaban J connectivity index is 1.91. The Hall–Kier alpha value is -2.45. The second kappa shape index (κ2) is 6.58. The second-order valence-corrected chi connectivity index (χ2v) is 6.41. The van der Waals surface area contributed by atoms with Gasteiger partial charge in [-0.05, 0) is 24.3 Å². The number of hydrogen-bond acceptors (Lipinski definition) is 6. The molecule has 1 atom stereocenters. The van der Waals surface area contributed by atoms with Gasteiger partial charge in [0, 0.05) is 18.5 Å². The van der Waals surface area contributed by atoms with Crippen LogP contribution < -0.4 is 4.90 Å². The molecule has 1 N–H and O–H groups in total. The number of anilines is 1. The van der Waals surface area contributed by atoms with Crippen LogP contribution in [-0.4, -0.2) is 32.5 Å². The number of imidazole rings is 1. The maximum atomic E-state index is 11.5. The predicted molar refractivity (Wildman–Crippen MR) is 93.7 cm³/mol. The number of fused-ring (bicyclic) bond motifs is 1. The van der Waals surface area contributed by atoms with Gasteiger partial charge in [0.1, 0.15) is 6.20 Å². The van der Waals surface area contributed by atoms with Crippen molar-refractivity contribution in [2.45, 2.75) is 20.0 Å². The molecule has 24 heavy (non-hydrogen) atoms. The van der Waals surface area contributed by atoms with E-state index in [1.165, 1.54) is 15.7 Å². The third kappa shape index (κ3) is 2.98. The van der Waals surface area contributed by atoms with Gasteiger partial charge >= 0.3 is 5.82 Å². The first kappa shape index (κ1) is 16.4. The summed E-state index contributed by atoms with van der Waals surface area (Å²) in [6, 6.07) is 7.61. The Morgan fingerprint density at radius 1 is 1.42 bits per heavy atom. The average Bonchev–Trinajstić information content (AvgIpc) is 3.13. The van der Waals surface area contributed by atoms with Crippen molar-refractivity contribution in [2.75, 3.05) is 18.0 Å². The van der Waals surface area contributed by atoms with Crippen molar-refractivity contribution < 1.29 is 10.0 Å². The van der Waals surface area contributed by atoms with Crippen LogP contribution >= 0.6 is 11.3 Å². The molecule has 0 aliphatic rings. The number of aryl methyl sites for hydroxylation is 1. The fourth-order valence-electron chi connectivity index (χ4n) is 2.61. The summed E-state index contributed by atoms with van der Waals surface area (Å²) in [6.07, 6.45) is 0.892. The quantitative estimate of drug-likeness (QED) is 0.547. The van der Waals surface area contributed by atoms with Crippen LogP contribution in [-0.2, 0) is 0 Å². The van der Waals surface area contributed by atoms with Gasteiger partial charge in [0.05, 0.1) is 6.10 Å². The topological polar surface area (TPSA) is 83.9 Å². The van der Waals surface area contributed by atoms with E-state index in [-0.39, 0.29) is 12.4 Å². The van der Waals surface area contributed by atoms with E-state index < -0.39 is 11.0 Å². The second-order valence-electron chi connectivity index (χ2n) is 5.54. The molecule has 7 nitrogen and oxygen atoms in total. The molecule has 0 amide bonds. The van der Waals surface area contributed by atoms with Crippen LogP contribution in [0.4, 0.5) is 11.6 Å². The first-order chi connectivity index (χ1) is 11.5. The smallest absolute Gasteiger partial charge is 0.373 e. The van der Waals surface area contributed by atoms with Gasteiger partial charge in [0.25, 0.3) is 4.96 Å². The molecule has 0 spiro atoms. The summed E-state index contributed by atoms with van der Waals surface area (Å²) in [5.41, 5.74) is 1.89. The van der Waals surface area contributed by atoms with Crippen LogP contribution in [0.15, 0.2) is 35.8 Å². The molecular formula is C16H18N4O3S. The predicted octanol–water partition coefficient (Wildman–Crippen LogP) is 3.17. The molecule has 0 aliphatic carbocycles. The number of aromatic nitrogens is 2. The number of nitro groups is 1. The Morgan fingerprint density at radius 3 is 2.75 bits per heavy atom. The van der Waals surface area contributed by atoms with Gasteiger partial charge in [-0.3, -0.25) is 0 Å². The molecule has 2 aromatic heterocycles. The molecule has 0 radical (unpaired) electrons. The maximum absolute atomic E-state index is 11.5. The van der Waals surface area contributed by atoms with Crippen LogP contribution in [0.1, 0.15) is 24.2 Å². The molecule has 8 heteroatoms. The first-order valence-corrected chi connectivity index (χ1v) is 8.48. The van der Waals surface area contributed by atoms with E-state index in [2.05, 4.69) is 4.98 Å². The van der Waals surface area contributed by atoms with Crippen LogP contribution in [0.5, 0.6) is 0 Å². The minimum Gasteiger partial charge on any atom is -0.387 e.